The first-order valence-corrected chi connectivity index (χ1v) is 5.73. The molecule has 1 aromatic rings. The molecule has 8 nitrogen and oxygen atoms in total. The zero-order valence-corrected chi connectivity index (χ0v) is 9.81. The predicted molar refractivity (Wildman–Crippen MR) is 62.5 cm³/mol. The standard InChI is InChI=1S/C10H15N5O3/c11-10-13-9(17)7(14-15-10)5-12-8(16)6-1-3-18-4-2-6/h6H,1-5H2,(H,12,16)(H3,11,13,15,17). The monoisotopic (exact) mass is 253 g/mol. The van der Waals surface area contributed by atoms with Gasteiger partial charge in [-0.15, -0.1) is 10.2 Å². The molecule has 1 aliphatic rings. The minimum atomic E-state index is -0.435. The van der Waals surface area contributed by atoms with Gasteiger partial charge in [-0.3, -0.25) is 14.6 Å². The van der Waals surface area contributed by atoms with Crippen molar-refractivity contribution in [2.45, 2.75) is 19.4 Å². The maximum Gasteiger partial charge on any atom is 0.276 e. The summed E-state index contributed by atoms with van der Waals surface area (Å²) < 4.78 is 5.17. The van der Waals surface area contributed by atoms with Crippen molar-refractivity contribution in [3.8, 4) is 0 Å². The van der Waals surface area contributed by atoms with Gasteiger partial charge in [-0.25, -0.2) is 0 Å². The quantitative estimate of drug-likeness (QED) is 0.621. The molecule has 2 heterocycles. The summed E-state index contributed by atoms with van der Waals surface area (Å²) >= 11 is 0. The molecule has 18 heavy (non-hydrogen) atoms. The molecule has 0 unspecified atom stereocenters. The van der Waals surface area contributed by atoms with Crippen LogP contribution in [0.5, 0.6) is 0 Å². The molecule has 1 amide bonds. The molecule has 98 valence electrons. The Morgan fingerprint density at radius 2 is 2.17 bits per heavy atom. The summed E-state index contributed by atoms with van der Waals surface area (Å²) in [6.07, 6.45) is 1.41. The summed E-state index contributed by atoms with van der Waals surface area (Å²) in [6, 6.07) is 0. The molecule has 1 aliphatic heterocycles. The van der Waals surface area contributed by atoms with Gasteiger partial charge in [-0.2, -0.15) is 0 Å². The summed E-state index contributed by atoms with van der Waals surface area (Å²) in [5.74, 6) is -0.185. The Morgan fingerprint density at radius 3 is 2.83 bits per heavy atom. The van der Waals surface area contributed by atoms with E-state index in [0.29, 0.717) is 26.1 Å². The topological polar surface area (TPSA) is 123 Å². The lowest BCUT2D eigenvalue weighted by molar-refractivity contribution is -0.128. The highest BCUT2D eigenvalue weighted by Gasteiger charge is 2.21. The zero-order chi connectivity index (χ0) is 13.0. The van der Waals surface area contributed by atoms with Crippen LogP contribution in [-0.4, -0.2) is 34.3 Å². The second-order valence-corrected chi connectivity index (χ2v) is 4.09. The van der Waals surface area contributed by atoms with Gasteiger partial charge >= 0.3 is 0 Å². The number of carbonyl (C=O) groups excluding carboxylic acids is 1. The van der Waals surface area contributed by atoms with Gasteiger partial charge in [-0.05, 0) is 12.8 Å². The van der Waals surface area contributed by atoms with E-state index in [4.69, 9.17) is 10.5 Å². The van der Waals surface area contributed by atoms with Crippen molar-refractivity contribution in [2.24, 2.45) is 5.92 Å². The van der Waals surface area contributed by atoms with E-state index in [2.05, 4.69) is 20.5 Å². The molecule has 1 fully saturated rings. The molecular weight excluding hydrogens is 238 g/mol. The van der Waals surface area contributed by atoms with Crippen LogP contribution in [0.4, 0.5) is 5.95 Å². The first-order valence-electron chi connectivity index (χ1n) is 5.73. The smallest absolute Gasteiger partial charge is 0.276 e. The average molecular weight is 253 g/mol. The molecule has 0 aliphatic carbocycles. The number of aromatic amines is 1. The predicted octanol–water partition coefficient (Wildman–Crippen LogP) is -1.21. The number of hydrogen-bond donors (Lipinski definition) is 3. The van der Waals surface area contributed by atoms with Gasteiger partial charge in [0.15, 0.2) is 0 Å². The van der Waals surface area contributed by atoms with Crippen molar-refractivity contribution in [1.82, 2.24) is 20.5 Å². The van der Waals surface area contributed by atoms with Crippen LogP contribution in [0.2, 0.25) is 0 Å². The Kier molecular flexibility index (Phi) is 3.88. The van der Waals surface area contributed by atoms with Gasteiger partial charge in [0.05, 0.1) is 6.54 Å². The van der Waals surface area contributed by atoms with Gasteiger partial charge in [0, 0.05) is 19.1 Å². The van der Waals surface area contributed by atoms with E-state index in [-0.39, 0.29) is 30.0 Å². The molecule has 8 heteroatoms. The first kappa shape index (κ1) is 12.5. The van der Waals surface area contributed by atoms with Gasteiger partial charge in [0.25, 0.3) is 5.56 Å². The van der Waals surface area contributed by atoms with E-state index < -0.39 is 5.56 Å². The molecule has 0 bridgehead atoms. The van der Waals surface area contributed by atoms with Crippen molar-refractivity contribution >= 4 is 11.9 Å². The van der Waals surface area contributed by atoms with E-state index >= 15 is 0 Å². The number of amides is 1. The van der Waals surface area contributed by atoms with Crippen molar-refractivity contribution in [3.05, 3.63) is 16.0 Å². The van der Waals surface area contributed by atoms with E-state index in [0.717, 1.165) is 0 Å². The molecular formula is C10H15N5O3. The van der Waals surface area contributed by atoms with E-state index in [1.165, 1.54) is 0 Å². The molecule has 0 radical (unpaired) electrons. The minimum absolute atomic E-state index is 0.0421. The Bertz CT molecular complexity index is 481. The van der Waals surface area contributed by atoms with Crippen LogP contribution >= 0.6 is 0 Å². The summed E-state index contributed by atoms with van der Waals surface area (Å²) in [6.45, 7) is 1.25. The minimum Gasteiger partial charge on any atom is -0.381 e. The lowest BCUT2D eigenvalue weighted by Gasteiger charge is -2.20. The SMILES string of the molecule is Nc1nnc(CNC(=O)C2CCOCC2)c(=O)[nH]1. The third-order valence-corrected chi connectivity index (χ3v) is 2.80. The first-order chi connectivity index (χ1) is 8.66. The second kappa shape index (κ2) is 5.58. The number of H-pyrrole nitrogens is 1. The van der Waals surface area contributed by atoms with Crippen molar-refractivity contribution in [3.63, 3.8) is 0 Å². The molecule has 0 spiro atoms. The largest absolute Gasteiger partial charge is 0.381 e. The summed E-state index contributed by atoms with van der Waals surface area (Å²) in [7, 11) is 0. The Hall–Kier alpha value is -1.96. The van der Waals surface area contributed by atoms with Crippen LogP contribution in [0.3, 0.4) is 0 Å². The number of rotatable bonds is 3. The van der Waals surface area contributed by atoms with Gasteiger partial charge < -0.3 is 15.8 Å². The highest BCUT2D eigenvalue weighted by Crippen LogP contribution is 2.14. The number of anilines is 1. The summed E-state index contributed by atoms with van der Waals surface area (Å²) in [4.78, 5) is 25.5. The molecule has 1 saturated heterocycles. The van der Waals surface area contributed by atoms with Crippen LogP contribution in [0, 0.1) is 5.92 Å². The number of nitrogens with one attached hydrogen (secondary N) is 2. The van der Waals surface area contributed by atoms with Crippen LogP contribution in [0.25, 0.3) is 0 Å². The molecule has 4 N–H and O–H groups in total. The Labute approximate surface area is 103 Å². The summed E-state index contributed by atoms with van der Waals surface area (Å²) in [5.41, 5.74) is 4.98. The Morgan fingerprint density at radius 1 is 1.44 bits per heavy atom. The fourth-order valence-electron chi connectivity index (χ4n) is 1.76. The number of nitrogens with two attached hydrogens (primary N) is 1. The van der Waals surface area contributed by atoms with E-state index in [1.807, 2.05) is 0 Å². The lowest BCUT2D eigenvalue weighted by atomic mass is 9.99. The molecule has 0 aromatic carbocycles. The number of nitrogens with zero attached hydrogens (tertiary/aromatic N) is 2. The number of hydrogen-bond acceptors (Lipinski definition) is 6. The number of aromatic nitrogens is 3. The third kappa shape index (κ3) is 3.04. The van der Waals surface area contributed by atoms with Gasteiger partial charge in [0.1, 0.15) is 5.69 Å². The highest BCUT2D eigenvalue weighted by molar-refractivity contribution is 5.78. The lowest BCUT2D eigenvalue weighted by Crippen LogP contribution is -2.35. The zero-order valence-electron chi connectivity index (χ0n) is 9.81. The third-order valence-electron chi connectivity index (χ3n) is 2.80. The van der Waals surface area contributed by atoms with E-state index in [9.17, 15) is 9.59 Å². The number of ether oxygens (including phenoxy) is 1. The second-order valence-electron chi connectivity index (χ2n) is 4.09. The van der Waals surface area contributed by atoms with Crippen molar-refractivity contribution < 1.29 is 9.53 Å². The average Bonchev–Trinajstić information content (AvgIpc) is 2.38. The van der Waals surface area contributed by atoms with Crippen LogP contribution in [0.1, 0.15) is 18.5 Å². The highest BCUT2D eigenvalue weighted by atomic mass is 16.5. The van der Waals surface area contributed by atoms with Gasteiger partial charge in [-0.1, -0.05) is 0 Å². The van der Waals surface area contributed by atoms with Crippen LogP contribution in [0.15, 0.2) is 4.79 Å². The maximum absolute atomic E-state index is 11.8. The molecule has 1 aromatic heterocycles. The van der Waals surface area contributed by atoms with Crippen molar-refractivity contribution in [2.75, 3.05) is 18.9 Å². The van der Waals surface area contributed by atoms with Crippen LogP contribution < -0.4 is 16.6 Å². The van der Waals surface area contributed by atoms with Crippen molar-refractivity contribution in [1.29, 1.82) is 0 Å². The number of nitrogen functional groups attached to an aromatic ring is 1. The van der Waals surface area contributed by atoms with E-state index in [1.54, 1.807) is 0 Å². The Balaban J connectivity index is 1.90. The van der Waals surface area contributed by atoms with Gasteiger partial charge in [0.2, 0.25) is 11.9 Å². The number of carbonyl (C=O) groups is 1. The summed E-state index contributed by atoms with van der Waals surface area (Å²) in [5, 5.41) is 9.84. The normalized spacial score (nSPS) is 16.4. The molecule has 0 atom stereocenters. The molecule has 2 rings (SSSR count). The van der Waals surface area contributed by atoms with Crippen LogP contribution in [-0.2, 0) is 16.1 Å². The fraction of sp³-hybridized carbons (Fsp3) is 0.600. The fourth-order valence-corrected chi connectivity index (χ4v) is 1.76. The maximum atomic E-state index is 11.8. The molecule has 0 saturated carbocycles.